The number of ether oxygens (including phenoxy) is 6. The van der Waals surface area contributed by atoms with Crippen molar-refractivity contribution in [1.82, 2.24) is 0 Å². The van der Waals surface area contributed by atoms with Gasteiger partial charge in [0.1, 0.15) is 11.5 Å². The van der Waals surface area contributed by atoms with E-state index in [0.29, 0.717) is 28.9 Å². The van der Waals surface area contributed by atoms with Crippen molar-refractivity contribution in [3.8, 4) is 23.0 Å². The van der Waals surface area contributed by atoms with Crippen LogP contribution in [0.4, 0.5) is 0 Å². The van der Waals surface area contributed by atoms with Gasteiger partial charge < -0.3 is 28.4 Å². The molecule has 2 aromatic carbocycles. The molecular weight excluding hydrogens is 516 g/mol. The minimum absolute atomic E-state index is 0.0280. The molecule has 2 aromatic rings. The van der Waals surface area contributed by atoms with Gasteiger partial charge in [-0.1, -0.05) is 32.0 Å². The van der Waals surface area contributed by atoms with Gasteiger partial charge in [-0.25, -0.2) is 14.6 Å². The summed E-state index contributed by atoms with van der Waals surface area (Å²) < 4.78 is 36.0. The standard InChI is InChI=1S/C31H38O9/c1-18-13-14-24-19(2)28(37-29-31(24)23(18)15-16-30(4,38-29)39-40-31)35-22-10-8-9-21(17-22)34-20(3)27(32)36-26-12-7-6-11-25(26)33-5/h6-12,17-20,23-24,28-29H,13-16H2,1-5H3/t18-,19-,20?,23+,24+,28-,29-,30-,31-/m1/s1. The van der Waals surface area contributed by atoms with Gasteiger partial charge in [0.05, 0.1) is 7.11 Å². The number of carbonyl (C=O) groups excluding carboxylic acids is 1. The van der Waals surface area contributed by atoms with Crippen molar-refractivity contribution >= 4 is 5.97 Å². The van der Waals surface area contributed by atoms with E-state index >= 15 is 0 Å². The zero-order valence-electron chi connectivity index (χ0n) is 23.7. The molecule has 1 saturated carbocycles. The van der Waals surface area contributed by atoms with Crippen molar-refractivity contribution < 1.29 is 43.0 Å². The second-order valence-corrected chi connectivity index (χ2v) is 11.7. The molecule has 4 aliphatic heterocycles. The summed E-state index contributed by atoms with van der Waals surface area (Å²) in [7, 11) is 1.52. The Kier molecular flexibility index (Phi) is 7.19. The van der Waals surface area contributed by atoms with Crippen LogP contribution in [-0.4, -0.2) is 43.2 Å². The molecule has 2 bridgehead atoms. The fourth-order valence-electron chi connectivity index (χ4n) is 6.91. The van der Waals surface area contributed by atoms with Gasteiger partial charge in [0.25, 0.3) is 0 Å². The van der Waals surface area contributed by atoms with Gasteiger partial charge >= 0.3 is 5.97 Å². The summed E-state index contributed by atoms with van der Waals surface area (Å²) in [5.74, 6) is 1.43. The van der Waals surface area contributed by atoms with Crippen LogP contribution in [0, 0.1) is 23.7 Å². The lowest BCUT2D eigenvalue weighted by atomic mass is 9.58. The third kappa shape index (κ3) is 4.72. The van der Waals surface area contributed by atoms with Gasteiger partial charge in [-0.2, -0.15) is 0 Å². The summed E-state index contributed by atoms with van der Waals surface area (Å²) >= 11 is 0. The molecule has 40 heavy (non-hydrogen) atoms. The van der Waals surface area contributed by atoms with Gasteiger partial charge in [-0.15, -0.1) is 0 Å². The van der Waals surface area contributed by atoms with Crippen molar-refractivity contribution in [3.63, 3.8) is 0 Å². The average molecular weight is 555 g/mol. The van der Waals surface area contributed by atoms with Gasteiger partial charge in [0, 0.05) is 24.3 Å². The molecule has 1 spiro atoms. The van der Waals surface area contributed by atoms with Crippen molar-refractivity contribution in [2.45, 2.75) is 83.5 Å². The molecule has 0 aromatic heterocycles. The van der Waals surface area contributed by atoms with E-state index in [4.69, 9.17) is 38.2 Å². The van der Waals surface area contributed by atoms with Crippen LogP contribution in [-0.2, 0) is 24.0 Å². The lowest BCUT2D eigenvalue weighted by molar-refractivity contribution is -0.575. The maximum Gasteiger partial charge on any atom is 0.352 e. The maximum absolute atomic E-state index is 12.7. The number of esters is 1. The van der Waals surface area contributed by atoms with Gasteiger partial charge in [-0.05, 0) is 69.2 Å². The average Bonchev–Trinajstić information content (AvgIpc) is 3.17. The summed E-state index contributed by atoms with van der Waals surface area (Å²) in [6.07, 6.45) is 1.83. The minimum Gasteiger partial charge on any atom is -0.493 e. The van der Waals surface area contributed by atoms with E-state index in [0.717, 1.165) is 25.7 Å². The molecule has 0 N–H and O–H groups in total. The summed E-state index contributed by atoms with van der Waals surface area (Å²) in [6, 6.07) is 14.2. The number of carbonyl (C=O) groups is 1. The highest BCUT2D eigenvalue weighted by Gasteiger charge is 2.69. The SMILES string of the molecule is COc1ccccc1OC(=O)C(C)Oc1cccc(O[C@@H]2O[C@@H]3O[C@@]4(C)CC[C@H]5[C@H](C)CC[C@@H]([C@H]2C)[C@@]35OO4)c1. The van der Waals surface area contributed by atoms with Crippen LogP contribution in [0.1, 0.15) is 53.4 Å². The first-order valence-corrected chi connectivity index (χ1v) is 14.2. The largest absolute Gasteiger partial charge is 0.493 e. The monoisotopic (exact) mass is 554 g/mol. The van der Waals surface area contributed by atoms with Crippen LogP contribution in [0.25, 0.3) is 0 Å². The number of rotatable bonds is 7. The third-order valence-corrected chi connectivity index (χ3v) is 9.08. The lowest BCUT2D eigenvalue weighted by Gasteiger charge is -2.60. The first kappa shape index (κ1) is 27.3. The van der Waals surface area contributed by atoms with Crippen molar-refractivity contribution in [1.29, 1.82) is 0 Å². The molecule has 9 heteroatoms. The van der Waals surface area contributed by atoms with Crippen molar-refractivity contribution in [3.05, 3.63) is 48.5 Å². The molecule has 216 valence electrons. The number of hydrogen-bond donors (Lipinski definition) is 0. The molecular formula is C31H38O9. The summed E-state index contributed by atoms with van der Waals surface area (Å²) in [6.45, 7) is 7.99. The molecule has 5 fully saturated rings. The molecule has 4 saturated heterocycles. The second-order valence-electron chi connectivity index (χ2n) is 11.7. The van der Waals surface area contributed by atoms with E-state index in [1.165, 1.54) is 7.11 Å². The van der Waals surface area contributed by atoms with Crippen molar-refractivity contribution in [2.75, 3.05) is 7.11 Å². The van der Waals surface area contributed by atoms with Crippen LogP contribution in [0.15, 0.2) is 48.5 Å². The van der Waals surface area contributed by atoms with E-state index in [2.05, 4.69) is 13.8 Å². The Bertz CT molecular complexity index is 1230. The molecule has 1 unspecified atom stereocenters. The Balaban J connectivity index is 1.16. The predicted molar refractivity (Wildman–Crippen MR) is 143 cm³/mol. The Morgan fingerprint density at radius 3 is 2.55 bits per heavy atom. The number of fused-ring (bicyclic) bond motifs is 2. The molecule has 4 heterocycles. The lowest BCUT2D eigenvalue weighted by Crippen LogP contribution is -2.70. The molecule has 0 amide bonds. The highest BCUT2D eigenvalue weighted by molar-refractivity contribution is 5.77. The Labute approximate surface area is 234 Å². The Morgan fingerprint density at radius 1 is 0.975 bits per heavy atom. The van der Waals surface area contributed by atoms with E-state index < -0.39 is 36.0 Å². The van der Waals surface area contributed by atoms with Gasteiger partial charge in [-0.3, -0.25) is 0 Å². The van der Waals surface area contributed by atoms with E-state index in [9.17, 15) is 4.79 Å². The fraction of sp³-hybridized carbons (Fsp3) is 0.581. The van der Waals surface area contributed by atoms with Crippen LogP contribution in [0.2, 0.25) is 0 Å². The maximum atomic E-state index is 12.7. The van der Waals surface area contributed by atoms with Crippen LogP contribution in [0.3, 0.4) is 0 Å². The number of para-hydroxylation sites is 2. The van der Waals surface area contributed by atoms with Crippen molar-refractivity contribution in [2.24, 2.45) is 23.7 Å². The van der Waals surface area contributed by atoms with Gasteiger partial charge in [0.15, 0.2) is 29.5 Å². The minimum atomic E-state index is -0.862. The first-order valence-electron chi connectivity index (χ1n) is 14.2. The smallest absolute Gasteiger partial charge is 0.352 e. The molecule has 7 rings (SSSR count). The van der Waals surface area contributed by atoms with Gasteiger partial charge in [0.2, 0.25) is 12.1 Å². The third-order valence-electron chi connectivity index (χ3n) is 9.08. The zero-order chi connectivity index (χ0) is 28.1. The number of benzene rings is 2. The normalized spacial score (nSPS) is 37.0. The van der Waals surface area contributed by atoms with E-state index in [1.807, 2.05) is 19.1 Å². The Hall–Kier alpha value is -2.85. The summed E-state index contributed by atoms with van der Waals surface area (Å²) in [5, 5.41) is 0. The highest BCUT2D eigenvalue weighted by Crippen LogP contribution is 2.60. The topological polar surface area (TPSA) is 90.9 Å². The summed E-state index contributed by atoms with van der Waals surface area (Å²) in [5.41, 5.74) is -0.644. The van der Waals surface area contributed by atoms with Crippen LogP contribution >= 0.6 is 0 Å². The highest BCUT2D eigenvalue weighted by atomic mass is 17.3. The quantitative estimate of drug-likeness (QED) is 0.244. The predicted octanol–water partition coefficient (Wildman–Crippen LogP) is 5.65. The van der Waals surface area contributed by atoms with E-state index in [-0.39, 0.29) is 17.8 Å². The van der Waals surface area contributed by atoms with Crippen LogP contribution < -0.4 is 18.9 Å². The second kappa shape index (κ2) is 10.5. The van der Waals surface area contributed by atoms with Crippen LogP contribution in [0.5, 0.6) is 23.0 Å². The zero-order valence-corrected chi connectivity index (χ0v) is 23.7. The number of methoxy groups -OCH3 is 1. The van der Waals surface area contributed by atoms with E-state index in [1.54, 1.807) is 43.3 Å². The molecule has 1 aliphatic carbocycles. The molecule has 9 atom stereocenters. The fourth-order valence-corrected chi connectivity index (χ4v) is 6.91. The molecule has 9 nitrogen and oxygen atoms in total. The Morgan fingerprint density at radius 2 is 1.75 bits per heavy atom. The summed E-state index contributed by atoms with van der Waals surface area (Å²) in [4.78, 5) is 24.8. The molecule has 0 radical (unpaired) electrons. The molecule has 5 aliphatic rings. The number of hydrogen-bond acceptors (Lipinski definition) is 9. The first-order chi connectivity index (χ1) is 19.2.